The first kappa shape index (κ1) is 12.6. The van der Waals surface area contributed by atoms with Crippen LogP contribution in [0, 0.1) is 0 Å². The van der Waals surface area contributed by atoms with Gasteiger partial charge in [-0.3, -0.25) is 14.2 Å². The Labute approximate surface area is 109 Å². The van der Waals surface area contributed by atoms with Gasteiger partial charge in [-0.2, -0.15) is 0 Å². The zero-order chi connectivity index (χ0) is 13.3. The smallest absolute Gasteiger partial charge is 0.328 e. The highest BCUT2D eigenvalue weighted by molar-refractivity contribution is 9.10. The molecule has 0 bridgehead atoms. The molecule has 0 atom stereocenters. The number of nitrogens with zero attached hydrogens (tertiary/aromatic N) is 1. The number of hydrogen-bond donors (Lipinski definition) is 2. The highest BCUT2D eigenvalue weighted by Gasteiger charge is 2.10. The third-order valence-electron chi connectivity index (χ3n) is 2.51. The lowest BCUT2D eigenvalue weighted by Crippen LogP contribution is -2.35. The number of fused-ring (bicyclic) bond motifs is 1. The van der Waals surface area contributed by atoms with Crippen LogP contribution in [0.1, 0.15) is 6.42 Å². The number of aromatic nitrogens is 2. The van der Waals surface area contributed by atoms with Crippen molar-refractivity contribution in [3.8, 4) is 0 Å². The number of nitrogens with one attached hydrogen (secondary N) is 1. The van der Waals surface area contributed by atoms with Gasteiger partial charge in [-0.1, -0.05) is 6.07 Å². The van der Waals surface area contributed by atoms with Crippen molar-refractivity contribution in [2.75, 3.05) is 0 Å². The summed E-state index contributed by atoms with van der Waals surface area (Å²) in [5.41, 5.74) is -0.680. The summed E-state index contributed by atoms with van der Waals surface area (Å²) in [6.45, 7) is -0.152. The van der Waals surface area contributed by atoms with Gasteiger partial charge in [0, 0.05) is 11.0 Å². The summed E-state index contributed by atoms with van der Waals surface area (Å²) in [5, 5.41) is 8.92. The molecule has 6 nitrogen and oxygen atoms in total. The minimum absolute atomic E-state index is 0.152. The Morgan fingerprint density at radius 1 is 1.39 bits per heavy atom. The molecule has 0 saturated heterocycles. The van der Waals surface area contributed by atoms with Crippen LogP contribution in [-0.2, 0) is 11.3 Å². The average molecular weight is 313 g/mol. The molecule has 0 aliphatic rings. The lowest BCUT2D eigenvalue weighted by molar-refractivity contribution is -0.137. The summed E-state index contributed by atoms with van der Waals surface area (Å²) in [6, 6.07) is 5.00. The fourth-order valence-electron chi connectivity index (χ4n) is 1.67. The van der Waals surface area contributed by atoms with E-state index in [2.05, 4.69) is 20.9 Å². The second-order valence-electron chi connectivity index (χ2n) is 3.69. The van der Waals surface area contributed by atoms with Gasteiger partial charge in [0.15, 0.2) is 0 Å². The van der Waals surface area contributed by atoms with Crippen molar-refractivity contribution >= 4 is 32.8 Å². The van der Waals surface area contributed by atoms with Gasteiger partial charge in [0.2, 0.25) is 0 Å². The average Bonchev–Trinajstić information content (AvgIpc) is 2.27. The summed E-state index contributed by atoms with van der Waals surface area (Å²) in [4.78, 5) is 36.8. The van der Waals surface area contributed by atoms with Crippen LogP contribution in [0.4, 0.5) is 0 Å². The molecule has 0 radical (unpaired) electrons. The maximum absolute atomic E-state index is 12.1. The molecular weight excluding hydrogens is 304 g/mol. The van der Waals surface area contributed by atoms with Crippen LogP contribution in [0.5, 0.6) is 0 Å². The number of benzene rings is 1. The maximum atomic E-state index is 12.1. The Kier molecular flexibility index (Phi) is 3.33. The highest BCUT2D eigenvalue weighted by atomic mass is 79.9. The molecule has 94 valence electrons. The van der Waals surface area contributed by atoms with E-state index in [-0.39, 0.29) is 13.0 Å². The zero-order valence-electron chi connectivity index (χ0n) is 9.14. The summed E-state index contributed by atoms with van der Waals surface area (Å²) in [7, 11) is 0. The summed E-state index contributed by atoms with van der Waals surface area (Å²) in [5.74, 6) is -1.06. The van der Waals surface area contributed by atoms with Crippen molar-refractivity contribution in [2.24, 2.45) is 0 Å². The van der Waals surface area contributed by atoms with Crippen LogP contribution in [-0.4, -0.2) is 20.6 Å². The third kappa shape index (κ3) is 2.21. The van der Waals surface area contributed by atoms with Gasteiger partial charge in [-0.05, 0) is 28.1 Å². The van der Waals surface area contributed by atoms with Crippen LogP contribution in [0.25, 0.3) is 10.9 Å². The number of aliphatic carboxylic acids is 1. The Morgan fingerprint density at radius 3 is 2.78 bits per heavy atom. The minimum atomic E-state index is -1.06. The van der Waals surface area contributed by atoms with Crippen molar-refractivity contribution < 1.29 is 9.90 Å². The number of hydrogen-bond acceptors (Lipinski definition) is 3. The Balaban J connectivity index is 2.68. The monoisotopic (exact) mass is 312 g/mol. The van der Waals surface area contributed by atoms with Crippen molar-refractivity contribution in [1.29, 1.82) is 0 Å². The van der Waals surface area contributed by atoms with Gasteiger partial charge in [0.1, 0.15) is 0 Å². The molecule has 0 aliphatic heterocycles. The Hall–Kier alpha value is -1.89. The summed E-state index contributed by atoms with van der Waals surface area (Å²) in [6.07, 6.45) is -0.279. The molecule has 18 heavy (non-hydrogen) atoms. The normalized spacial score (nSPS) is 10.7. The molecule has 1 aromatic carbocycles. The number of carboxylic acids is 1. The molecule has 7 heteroatoms. The largest absolute Gasteiger partial charge is 0.481 e. The van der Waals surface area contributed by atoms with E-state index in [9.17, 15) is 14.4 Å². The number of rotatable bonds is 3. The molecule has 0 spiro atoms. The van der Waals surface area contributed by atoms with E-state index in [1.54, 1.807) is 18.2 Å². The van der Waals surface area contributed by atoms with Gasteiger partial charge in [0.05, 0.1) is 17.3 Å². The molecule has 1 aromatic heterocycles. The molecule has 1 heterocycles. The first-order chi connectivity index (χ1) is 8.50. The van der Waals surface area contributed by atoms with Gasteiger partial charge in [0.25, 0.3) is 5.56 Å². The second kappa shape index (κ2) is 4.77. The molecule has 0 saturated carbocycles. The molecule has 0 amide bonds. The molecular formula is C11H9BrN2O4. The number of carbonyl (C=O) groups is 1. The van der Waals surface area contributed by atoms with E-state index in [4.69, 9.17) is 5.11 Å². The number of aromatic amines is 1. The van der Waals surface area contributed by atoms with E-state index in [1.165, 1.54) is 0 Å². The quantitative estimate of drug-likeness (QED) is 0.881. The van der Waals surface area contributed by atoms with Crippen molar-refractivity contribution in [3.63, 3.8) is 0 Å². The number of carboxylic acid groups (broad SMARTS) is 1. The van der Waals surface area contributed by atoms with Crippen LogP contribution in [0.15, 0.2) is 32.3 Å². The Morgan fingerprint density at radius 2 is 2.11 bits per heavy atom. The Bertz CT molecular complexity index is 732. The van der Waals surface area contributed by atoms with E-state index in [0.29, 0.717) is 15.4 Å². The fraction of sp³-hybridized carbons (Fsp3) is 0.182. The van der Waals surface area contributed by atoms with E-state index < -0.39 is 17.2 Å². The number of H-pyrrole nitrogens is 1. The maximum Gasteiger partial charge on any atom is 0.328 e. The van der Waals surface area contributed by atoms with E-state index >= 15 is 0 Å². The first-order valence-electron chi connectivity index (χ1n) is 5.14. The van der Waals surface area contributed by atoms with Gasteiger partial charge in [-0.15, -0.1) is 0 Å². The lowest BCUT2D eigenvalue weighted by Gasteiger charge is -2.05. The van der Waals surface area contributed by atoms with Crippen LogP contribution >= 0.6 is 15.9 Å². The molecule has 0 aliphatic carbocycles. The van der Waals surface area contributed by atoms with Gasteiger partial charge in [-0.25, -0.2) is 4.79 Å². The summed E-state index contributed by atoms with van der Waals surface area (Å²) < 4.78 is 1.45. The molecule has 2 rings (SSSR count). The second-order valence-corrected chi connectivity index (χ2v) is 4.55. The van der Waals surface area contributed by atoms with Gasteiger partial charge >= 0.3 is 11.7 Å². The molecule has 2 N–H and O–H groups in total. The predicted octanol–water partition coefficient (Wildman–Crippen LogP) is 0.927. The SMILES string of the molecule is O=C(O)CCn1c(=O)[nH]c2cccc(Br)c2c1=O. The van der Waals surface area contributed by atoms with Crippen molar-refractivity contribution in [3.05, 3.63) is 43.5 Å². The number of halogens is 1. The van der Waals surface area contributed by atoms with E-state index in [0.717, 1.165) is 4.57 Å². The highest BCUT2D eigenvalue weighted by Crippen LogP contribution is 2.17. The molecule has 0 fully saturated rings. The molecule has 0 unspecified atom stereocenters. The van der Waals surface area contributed by atoms with E-state index in [1.807, 2.05) is 0 Å². The predicted molar refractivity (Wildman–Crippen MR) is 68.8 cm³/mol. The van der Waals surface area contributed by atoms with Gasteiger partial charge < -0.3 is 10.1 Å². The van der Waals surface area contributed by atoms with Crippen LogP contribution in [0.2, 0.25) is 0 Å². The zero-order valence-corrected chi connectivity index (χ0v) is 10.7. The molecule has 2 aromatic rings. The third-order valence-corrected chi connectivity index (χ3v) is 3.17. The van der Waals surface area contributed by atoms with Crippen molar-refractivity contribution in [1.82, 2.24) is 9.55 Å². The summed E-state index contributed by atoms with van der Waals surface area (Å²) >= 11 is 3.23. The topological polar surface area (TPSA) is 92.2 Å². The van der Waals surface area contributed by atoms with Crippen LogP contribution in [0.3, 0.4) is 0 Å². The lowest BCUT2D eigenvalue weighted by atomic mass is 10.2. The first-order valence-corrected chi connectivity index (χ1v) is 5.93. The standard InChI is InChI=1S/C11H9BrN2O4/c12-6-2-1-3-7-9(6)10(17)14(11(18)13-7)5-4-8(15)16/h1-3H,4-5H2,(H,13,18)(H,15,16). The van der Waals surface area contributed by atoms with Crippen molar-refractivity contribution in [2.45, 2.75) is 13.0 Å². The minimum Gasteiger partial charge on any atom is -0.481 e. The van der Waals surface area contributed by atoms with Crippen LogP contribution < -0.4 is 11.2 Å². The fourth-order valence-corrected chi connectivity index (χ4v) is 2.20.